The van der Waals surface area contributed by atoms with Crippen molar-refractivity contribution in [3.8, 4) is 5.88 Å². The van der Waals surface area contributed by atoms with Gasteiger partial charge in [0.1, 0.15) is 0 Å². The number of amides is 1. The van der Waals surface area contributed by atoms with Crippen molar-refractivity contribution in [1.29, 1.82) is 0 Å². The Labute approximate surface area is 177 Å². The first-order valence-corrected chi connectivity index (χ1v) is 9.56. The standard InChI is InChI=1S/C23H20N4O4/c1-12-20(13(2)27(3)26-12)23(31)24-16-6-4-5-14(9-16)21(29)15-7-8-17-18(11-28)22(30)25-19(17)10-15/h4-11,25,30H,1-3H3,(H,24,31). The van der Waals surface area contributed by atoms with Crippen molar-refractivity contribution in [2.24, 2.45) is 7.05 Å². The number of aryl methyl sites for hydroxylation is 2. The van der Waals surface area contributed by atoms with Crippen LogP contribution in [-0.2, 0) is 7.05 Å². The van der Waals surface area contributed by atoms with Crippen LogP contribution in [0.4, 0.5) is 5.69 Å². The number of hydrogen-bond donors (Lipinski definition) is 3. The maximum Gasteiger partial charge on any atom is 0.259 e. The summed E-state index contributed by atoms with van der Waals surface area (Å²) in [4.78, 5) is 39.6. The molecule has 0 aliphatic carbocycles. The fraction of sp³-hybridized carbons (Fsp3) is 0.130. The molecule has 0 fully saturated rings. The molecule has 0 bridgehead atoms. The number of aldehydes is 1. The number of ketones is 1. The zero-order valence-electron chi connectivity index (χ0n) is 17.2. The minimum Gasteiger partial charge on any atom is -0.494 e. The van der Waals surface area contributed by atoms with Gasteiger partial charge in [-0.25, -0.2) is 0 Å². The van der Waals surface area contributed by atoms with E-state index in [9.17, 15) is 19.5 Å². The second-order valence-corrected chi connectivity index (χ2v) is 7.30. The number of aromatic nitrogens is 3. The number of aromatic hydroxyl groups is 1. The first kappa shape index (κ1) is 20.1. The molecule has 0 atom stereocenters. The second kappa shape index (κ2) is 7.56. The highest BCUT2D eigenvalue weighted by Gasteiger charge is 2.18. The number of carbonyl (C=O) groups excluding carboxylic acids is 3. The summed E-state index contributed by atoms with van der Waals surface area (Å²) < 4.78 is 1.65. The molecule has 0 spiro atoms. The molecule has 2 aromatic heterocycles. The van der Waals surface area contributed by atoms with Crippen molar-refractivity contribution < 1.29 is 19.5 Å². The van der Waals surface area contributed by atoms with Gasteiger partial charge in [0, 0.05) is 40.5 Å². The molecule has 8 heteroatoms. The van der Waals surface area contributed by atoms with E-state index in [2.05, 4.69) is 15.4 Å². The average molecular weight is 416 g/mol. The van der Waals surface area contributed by atoms with Crippen molar-refractivity contribution in [3.05, 3.63) is 76.1 Å². The van der Waals surface area contributed by atoms with Gasteiger partial charge in [0.15, 0.2) is 17.9 Å². The lowest BCUT2D eigenvalue weighted by atomic mass is 10.0. The first-order chi connectivity index (χ1) is 14.8. The minimum atomic E-state index is -0.294. The molecule has 4 rings (SSSR count). The molecule has 0 saturated heterocycles. The highest BCUT2D eigenvalue weighted by atomic mass is 16.3. The second-order valence-electron chi connectivity index (χ2n) is 7.30. The number of aromatic amines is 1. The van der Waals surface area contributed by atoms with Gasteiger partial charge in [0.2, 0.25) is 0 Å². The molecule has 4 aromatic rings. The summed E-state index contributed by atoms with van der Waals surface area (Å²) in [5, 5.41) is 17.4. The van der Waals surface area contributed by atoms with Crippen LogP contribution >= 0.6 is 0 Å². The number of H-pyrrole nitrogens is 1. The van der Waals surface area contributed by atoms with Crippen molar-refractivity contribution in [1.82, 2.24) is 14.8 Å². The Morgan fingerprint density at radius 3 is 2.55 bits per heavy atom. The maximum atomic E-state index is 13.0. The van der Waals surface area contributed by atoms with Gasteiger partial charge in [-0.1, -0.05) is 24.3 Å². The van der Waals surface area contributed by atoms with Gasteiger partial charge in [-0.05, 0) is 32.0 Å². The fourth-order valence-electron chi connectivity index (χ4n) is 3.67. The Balaban J connectivity index is 1.62. The van der Waals surface area contributed by atoms with Crippen LogP contribution in [0.15, 0.2) is 42.5 Å². The number of nitrogens with zero attached hydrogens (tertiary/aromatic N) is 2. The third-order valence-corrected chi connectivity index (χ3v) is 5.32. The third kappa shape index (κ3) is 3.48. The fourth-order valence-corrected chi connectivity index (χ4v) is 3.67. The quantitative estimate of drug-likeness (QED) is 0.340. The van der Waals surface area contributed by atoms with Gasteiger partial charge in [-0.3, -0.25) is 19.1 Å². The molecule has 2 aromatic carbocycles. The third-order valence-electron chi connectivity index (χ3n) is 5.32. The molecule has 0 aliphatic rings. The number of anilines is 1. The van der Waals surface area contributed by atoms with Gasteiger partial charge in [-0.15, -0.1) is 0 Å². The monoisotopic (exact) mass is 416 g/mol. The lowest BCUT2D eigenvalue weighted by Gasteiger charge is -2.08. The predicted molar refractivity (Wildman–Crippen MR) is 116 cm³/mol. The van der Waals surface area contributed by atoms with Crippen LogP contribution in [0, 0.1) is 13.8 Å². The van der Waals surface area contributed by atoms with Crippen molar-refractivity contribution in [3.63, 3.8) is 0 Å². The highest BCUT2D eigenvalue weighted by molar-refractivity contribution is 6.12. The van der Waals surface area contributed by atoms with Crippen LogP contribution in [0.25, 0.3) is 10.9 Å². The lowest BCUT2D eigenvalue weighted by molar-refractivity contribution is 0.102. The van der Waals surface area contributed by atoms with Crippen LogP contribution in [0.5, 0.6) is 5.88 Å². The summed E-state index contributed by atoms with van der Waals surface area (Å²) in [7, 11) is 1.77. The zero-order chi connectivity index (χ0) is 22.3. The van der Waals surface area contributed by atoms with Gasteiger partial charge in [0.25, 0.3) is 5.91 Å². The summed E-state index contributed by atoms with van der Waals surface area (Å²) in [5.41, 5.74) is 3.78. The number of hydrogen-bond acceptors (Lipinski definition) is 5. The van der Waals surface area contributed by atoms with E-state index in [1.807, 2.05) is 6.92 Å². The number of rotatable bonds is 5. The van der Waals surface area contributed by atoms with Crippen LogP contribution in [0.2, 0.25) is 0 Å². The van der Waals surface area contributed by atoms with Gasteiger partial charge in [-0.2, -0.15) is 5.10 Å². The zero-order valence-corrected chi connectivity index (χ0v) is 17.2. The minimum absolute atomic E-state index is 0.152. The highest BCUT2D eigenvalue weighted by Crippen LogP contribution is 2.27. The molecule has 0 aliphatic heterocycles. The predicted octanol–water partition coefficient (Wildman–Crippen LogP) is 3.52. The molecule has 2 heterocycles. The van der Waals surface area contributed by atoms with Crippen molar-refractivity contribution in [2.45, 2.75) is 13.8 Å². The Morgan fingerprint density at radius 2 is 1.87 bits per heavy atom. The van der Waals surface area contributed by atoms with Crippen LogP contribution in [0.3, 0.4) is 0 Å². The summed E-state index contributed by atoms with van der Waals surface area (Å²) in [6.45, 7) is 3.59. The normalized spacial score (nSPS) is 10.9. The topological polar surface area (TPSA) is 117 Å². The molecular weight excluding hydrogens is 396 g/mol. The van der Waals surface area contributed by atoms with Crippen LogP contribution < -0.4 is 5.32 Å². The van der Waals surface area contributed by atoms with E-state index in [1.54, 1.807) is 61.1 Å². The van der Waals surface area contributed by atoms with Crippen LogP contribution in [0.1, 0.15) is 48.0 Å². The van der Waals surface area contributed by atoms with E-state index < -0.39 is 0 Å². The molecule has 31 heavy (non-hydrogen) atoms. The molecule has 156 valence electrons. The van der Waals surface area contributed by atoms with E-state index in [-0.39, 0.29) is 23.1 Å². The summed E-state index contributed by atoms with van der Waals surface area (Å²) >= 11 is 0. The largest absolute Gasteiger partial charge is 0.494 e. The summed E-state index contributed by atoms with van der Waals surface area (Å²) in [6.07, 6.45) is 0.563. The van der Waals surface area contributed by atoms with Crippen molar-refractivity contribution >= 4 is 34.6 Å². The molecule has 0 unspecified atom stereocenters. The van der Waals surface area contributed by atoms with Gasteiger partial charge < -0.3 is 15.4 Å². The number of fused-ring (bicyclic) bond motifs is 1. The van der Waals surface area contributed by atoms with E-state index in [4.69, 9.17) is 0 Å². The van der Waals surface area contributed by atoms with E-state index in [1.165, 1.54) is 0 Å². The van der Waals surface area contributed by atoms with Crippen molar-refractivity contribution in [2.75, 3.05) is 5.32 Å². The molecule has 0 radical (unpaired) electrons. The SMILES string of the molecule is Cc1nn(C)c(C)c1C(=O)Nc1cccc(C(=O)c2ccc3c(C=O)c(O)[nH]c3c2)c1. The molecule has 8 nitrogen and oxygen atoms in total. The number of benzene rings is 2. The molecule has 0 saturated carbocycles. The summed E-state index contributed by atoms with van der Waals surface area (Å²) in [5.74, 6) is -0.786. The number of carbonyl (C=O) groups is 3. The molecular formula is C23H20N4O4. The van der Waals surface area contributed by atoms with Crippen LogP contribution in [-0.4, -0.2) is 37.8 Å². The first-order valence-electron chi connectivity index (χ1n) is 9.56. The molecule has 3 N–H and O–H groups in total. The van der Waals surface area contributed by atoms with E-state index in [0.29, 0.717) is 45.3 Å². The van der Waals surface area contributed by atoms with Gasteiger partial charge in [0.05, 0.1) is 16.8 Å². The molecule has 1 amide bonds. The van der Waals surface area contributed by atoms with Gasteiger partial charge >= 0.3 is 0 Å². The lowest BCUT2D eigenvalue weighted by Crippen LogP contribution is -2.14. The average Bonchev–Trinajstić information content (AvgIpc) is 3.20. The Hall–Kier alpha value is -4.20. The van der Waals surface area contributed by atoms with E-state index >= 15 is 0 Å². The Kier molecular flexibility index (Phi) is 4.90. The Bertz CT molecular complexity index is 1360. The van der Waals surface area contributed by atoms with E-state index in [0.717, 1.165) is 5.69 Å². The smallest absolute Gasteiger partial charge is 0.259 e. The Morgan fingerprint density at radius 1 is 1.13 bits per heavy atom. The summed E-state index contributed by atoms with van der Waals surface area (Å²) in [6, 6.07) is 11.5. The number of nitrogens with one attached hydrogen (secondary N) is 2. The maximum absolute atomic E-state index is 13.0.